The fourth-order valence-electron chi connectivity index (χ4n) is 2.77. The molecule has 146 valence electrons. The van der Waals surface area contributed by atoms with Gasteiger partial charge in [0.15, 0.2) is 0 Å². The Morgan fingerprint density at radius 1 is 0.931 bits per heavy atom. The van der Waals surface area contributed by atoms with Crippen LogP contribution in [0, 0.1) is 0 Å². The highest BCUT2D eigenvalue weighted by molar-refractivity contribution is 9.10. The highest BCUT2D eigenvalue weighted by atomic mass is 79.9. The quantitative estimate of drug-likeness (QED) is 0.412. The first-order valence-corrected chi connectivity index (χ1v) is 9.89. The summed E-state index contributed by atoms with van der Waals surface area (Å²) < 4.78 is 0.931. The van der Waals surface area contributed by atoms with Gasteiger partial charge in [-0.2, -0.15) is 5.10 Å². The van der Waals surface area contributed by atoms with Crippen LogP contribution in [0.25, 0.3) is 0 Å². The summed E-state index contributed by atoms with van der Waals surface area (Å²) in [5.74, 6) is -0.525. The molecular formula is C23H20BrN3O2. The average molecular weight is 450 g/mol. The number of nitrogens with one attached hydrogen (secondary N) is 2. The van der Waals surface area contributed by atoms with E-state index >= 15 is 0 Å². The van der Waals surface area contributed by atoms with Gasteiger partial charge in [0, 0.05) is 10.0 Å². The van der Waals surface area contributed by atoms with Crippen molar-refractivity contribution in [3.8, 4) is 0 Å². The second-order valence-electron chi connectivity index (χ2n) is 6.36. The summed E-state index contributed by atoms with van der Waals surface area (Å²) >= 11 is 3.39. The molecule has 2 N–H and O–H groups in total. The lowest BCUT2D eigenvalue weighted by Gasteiger charge is -2.18. The first kappa shape index (κ1) is 20.5. The van der Waals surface area contributed by atoms with E-state index in [0.717, 1.165) is 15.6 Å². The van der Waals surface area contributed by atoms with Gasteiger partial charge in [-0.3, -0.25) is 9.59 Å². The molecular weight excluding hydrogens is 430 g/mol. The molecule has 0 aliphatic heterocycles. The molecule has 5 nitrogen and oxygen atoms in total. The van der Waals surface area contributed by atoms with E-state index in [2.05, 4.69) is 31.8 Å². The molecule has 0 radical (unpaired) electrons. The second kappa shape index (κ2) is 10.3. The van der Waals surface area contributed by atoms with Crippen LogP contribution in [-0.4, -0.2) is 18.0 Å². The molecule has 0 bridgehead atoms. The van der Waals surface area contributed by atoms with E-state index in [0.29, 0.717) is 5.56 Å². The van der Waals surface area contributed by atoms with Crippen LogP contribution in [0.4, 0.5) is 0 Å². The number of rotatable bonds is 7. The SMILES string of the molecule is O=C(C[C@@H](NC(=O)c1ccccc1)c1ccccc1)N/N=C\c1cccc(Br)c1. The van der Waals surface area contributed by atoms with E-state index in [1.165, 1.54) is 0 Å². The maximum atomic E-state index is 12.6. The Labute approximate surface area is 178 Å². The summed E-state index contributed by atoms with van der Waals surface area (Å²) in [6.45, 7) is 0. The lowest BCUT2D eigenvalue weighted by molar-refractivity contribution is -0.121. The average Bonchev–Trinajstić information content (AvgIpc) is 2.74. The van der Waals surface area contributed by atoms with E-state index < -0.39 is 6.04 Å². The highest BCUT2D eigenvalue weighted by Gasteiger charge is 2.19. The van der Waals surface area contributed by atoms with Crippen molar-refractivity contribution in [2.75, 3.05) is 0 Å². The van der Waals surface area contributed by atoms with Gasteiger partial charge in [0.05, 0.1) is 18.7 Å². The molecule has 0 aliphatic rings. The molecule has 2 amide bonds. The summed E-state index contributed by atoms with van der Waals surface area (Å²) in [4.78, 5) is 25.0. The minimum Gasteiger partial charge on any atom is -0.345 e. The maximum Gasteiger partial charge on any atom is 0.251 e. The van der Waals surface area contributed by atoms with Crippen molar-refractivity contribution >= 4 is 34.0 Å². The Morgan fingerprint density at radius 3 is 2.31 bits per heavy atom. The van der Waals surface area contributed by atoms with E-state index in [4.69, 9.17) is 0 Å². The van der Waals surface area contributed by atoms with E-state index in [1.807, 2.05) is 60.7 Å². The van der Waals surface area contributed by atoms with Gasteiger partial charge < -0.3 is 5.32 Å². The van der Waals surface area contributed by atoms with Crippen molar-refractivity contribution < 1.29 is 9.59 Å². The molecule has 0 aliphatic carbocycles. The first-order chi connectivity index (χ1) is 14.1. The van der Waals surface area contributed by atoms with Crippen LogP contribution in [0.15, 0.2) is 94.5 Å². The van der Waals surface area contributed by atoms with Gasteiger partial charge in [-0.1, -0.05) is 76.6 Å². The van der Waals surface area contributed by atoms with Crippen LogP contribution in [0.2, 0.25) is 0 Å². The fraction of sp³-hybridized carbons (Fsp3) is 0.0870. The van der Waals surface area contributed by atoms with E-state index in [-0.39, 0.29) is 18.2 Å². The van der Waals surface area contributed by atoms with Crippen molar-refractivity contribution in [2.24, 2.45) is 5.10 Å². The van der Waals surface area contributed by atoms with Crippen LogP contribution < -0.4 is 10.7 Å². The van der Waals surface area contributed by atoms with Crippen molar-refractivity contribution in [3.05, 3.63) is 106 Å². The predicted octanol–water partition coefficient (Wildman–Crippen LogP) is 4.46. The third-order valence-corrected chi connectivity index (χ3v) is 4.68. The largest absolute Gasteiger partial charge is 0.345 e. The number of carbonyl (C=O) groups excluding carboxylic acids is 2. The van der Waals surface area contributed by atoms with Crippen LogP contribution >= 0.6 is 15.9 Å². The molecule has 0 heterocycles. The monoisotopic (exact) mass is 449 g/mol. The normalized spacial score (nSPS) is 11.8. The second-order valence-corrected chi connectivity index (χ2v) is 7.27. The first-order valence-electron chi connectivity index (χ1n) is 9.10. The lowest BCUT2D eigenvalue weighted by Crippen LogP contribution is -2.32. The standard InChI is InChI=1S/C23H20BrN3O2/c24-20-13-7-8-17(14-20)16-25-27-22(28)15-21(18-9-3-1-4-10-18)26-23(29)19-11-5-2-6-12-19/h1-14,16,21H,15H2,(H,26,29)(H,27,28)/b25-16-/t21-/m1/s1. The number of benzene rings is 3. The van der Waals surface area contributed by atoms with Crippen molar-refractivity contribution in [2.45, 2.75) is 12.5 Å². The fourth-order valence-corrected chi connectivity index (χ4v) is 3.18. The number of hydrogen-bond donors (Lipinski definition) is 2. The summed E-state index contributed by atoms with van der Waals surface area (Å²) in [5, 5.41) is 6.95. The number of halogens is 1. The zero-order valence-corrected chi connectivity index (χ0v) is 17.2. The third kappa shape index (κ3) is 6.40. The zero-order valence-electron chi connectivity index (χ0n) is 15.6. The minimum atomic E-state index is -0.468. The van der Waals surface area contributed by atoms with Gasteiger partial charge >= 0.3 is 0 Å². The van der Waals surface area contributed by atoms with Gasteiger partial charge in [0.2, 0.25) is 5.91 Å². The van der Waals surface area contributed by atoms with Gasteiger partial charge in [0.25, 0.3) is 5.91 Å². The Bertz CT molecular complexity index is 991. The number of nitrogens with zero attached hydrogens (tertiary/aromatic N) is 1. The van der Waals surface area contributed by atoms with E-state index in [9.17, 15) is 9.59 Å². The van der Waals surface area contributed by atoms with Crippen LogP contribution in [0.3, 0.4) is 0 Å². The Balaban J connectivity index is 1.66. The summed E-state index contributed by atoms with van der Waals surface area (Å²) in [7, 11) is 0. The predicted molar refractivity (Wildman–Crippen MR) is 118 cm³/mol. The Morgan fingerprint density at radius 2 is 1.62 bits per heavy atom. The number of hydrazone groups is 1. The summed E-state index contributed by atoms with van der Waals surface area (Å²) in [6.07, 6.45) is 1.64. The van der Waals surface area contributed by atoms with Crippen molar-refractivity contribution in [1.82, 2.24) is 10.7 Å². The van der Waals surface area contributed by atoms with Gasteiger partial charge in [-0.05, 0) is 35.4 Å². The molecule has 0 aromatic heterocycles. The molecule has 29 heavy (non-hydrogen) atoms. The van der Waals surface area contributed by atoms with Crippen molar-refractivity contribution in [1.29, 1.82) is 0 Å². The lowest BCUT2D eigenvalue weighted by atomic mass is 10.0. The smallest absolute Gasteiger partial charge is 0.251 e. The van der Waals surface area contributed by atoms with Crippen LogP contribution in [0.1, 0.15) is 33.9 Å². The molecule has 3 aromatic carbocycles. The number of hydrogen-bond acceptors (Lipinski definition) is 3. The van der Waals surface area contributed by atoms with Crippen LogP contribution in [-0.2, 0) is 4.79 Å². The molecule has 0 spiro atoms. The highest BCUT2D eigenvalue weighted by Crippen LogP contribution is 2.17. The van der Waals surface area contributed by atoms with Gasteiger partial charge in [-0.15, -0.1) is 0 Å². The number of carbonyl (C=O) groups is 2. The van der Waals surface area contributed by atoms with Crippen molar-refractivity contribution in [3.63, 3.8) is 0 Å². The topological polar surface area (TPSA) is 70.6 Å². The van der Waals surface area contributed by atoms with Gasteiger partial charge in [-0.25, -0.2) is 5.43 Å². The molecule has 1 atom stereocenters. The minimum absolute atomic E-state index is 0.0679. The van der Waals surface area contributed by atoms with E-state index in [1.54, 1.807) is 30.5 Å². The zero-order chi connectivity index (χ0) is 20.5. The summed E-state index contributed by atoms with van der Waals surface area (Å²) in [5.41, 5.74) is 4.78. The maximum absolute atomic E-state index is 12.6. The summed E-state index contributed by atoms with van der Waals surface area (Å²) in [6, 6.07) is 25.4. The molecule has 6 heteroatoms. The Hall–Kier alpha value is -3.25. The molecule has 0 unspecified atom stereocenters. The number of amides is 2. The molecule has 3 rings (SSSR count). The molecule has 0 saturated carbocycles. The van der Waals surface area contributed by atoms with Gasteiger partial charge in [0.1, 0.15) is 0 Å². The van der Waals surface area contributed by atoms with Crippen LogP contribution in [0.5, 0.6) is 0 Å². The third-order valence-electron chi connectivity index (χ3n) is 4.18. The Kier molecular flexibility index (Phi) is 7.30. The molecule has 0 fully saturated rings. The molecule has 3 aromatic rings. The molecule has 0 saturated heterocycles.